The molecule has 3 aliphatic heterocycles. The summed E-state index contributed by atoms with van der Waals surface area (Å²) in [4.78, 5) is 13.2. The highest BCUT2D eigenvalue weighted by atomic mass is 32.1. The molecule has 1 amide bonds. The number of fused-ring (bicyclic) bond motifs is 5. The van der Waals surface area contributed by atoms with Crippen molar-refractivity contribution in [2.75, 3.05) is 5.32 Å². The maximum Gasteiger partial charge on any atom is 0.411 e. The van der Waals surface area contributed by atoms with Crippen LogP contribution in [0.25, 0.3) is 10.4 Å². The van der Waals surface area contributed by atoms with Crippen LogP contribution in [0.4, 0.5) is 14.9 Å². The van der Waals surface area contributed by atoms with Crippen LogP contribution in [0.5, 0.6) is 0 Å². The third-order valence-electron chi connectivity index (χ3n) is 5.10. The molecule has 4 heterocycles. The standard InChI is InChI=1S/C18H17FN2O3S/c19-9-3-4-12(11(6-9)15-2-1-5-25-15)21-18(22)23-10-7-13-16-17(24-16)14(8-10)20-13/h1-6,10,13-14,16-17,20H,7-8H2,(H,21,22)/t10?,13-,14+,16-,17+. The van der Waals surface area contributed by atoms with Crippen LogP contribution >= 0.6 is 11.3 Å². The van der Waals surface area contributed by atoms with Crippen molar-refractivity contribution >= 4 is 23.1 Å². The SMILES string of the molecule is O=C(Nc1ccc(F)cc1-c1cccs1)OC1C[C@@H]2N[C@H](C1)[C@H]1O[C@H]12. The van der Waals surface area contributed by atoms with Gasteiger partial charge < -0.3 is 14.8 Å². The summed E-state index contributed by atoms with van der Waals surface area (Å²) in [5, 5.41) is 8.19. The molecule has 7 heteroatoms. The molecule has 5 atom stereocenters. The maximum absolute atomic E-state index is 13.6. The average molecular weight is 360 g/mol. The molecule has 3 fully saturated rings. The Kier molecular flexibility index (Phi) is 3.55. The molecule has 0 spiro atoms. The Morgan fingerprint density at radius 2 is 2.08 bits per heavy atom. The van der Waals surface area contributed by atoms with Crippen LogP contribution in [0.3, 0.4) is 0 Å². The van der Waals surface area contributed by atoms with E-state index in [4.69, 9.17) is 9.47 Å². The first-order valence-corrected chi connectivity index (χ1v) is 9.28. The number of hydrogen-bond donors (Lipinski definition) is 2. The minimum absolute atomic E-state index is 0.113. The second-order valence-corrected chi connectivity index (χ2v) is 7.68. The summed E-state index contributed by atoms with van der Waals surface area (Å²) in [7, 11) is 0. The number of amides is 1. The van der Waals surface area contributed by atoms with E-state index in [1.54, 1.807) is 6.07 Å². The number of rotatable bonds is 3. The predicted molar refractivity (Wildman–Crippen MR) is 92.2 cm³/mol. The van der Waals surface area contributed by atoms with E-state index >= 15 is 0 Å². The second-order valence-electron chi connectivity index (χ2n) is 6.74. The molecule has 1 aromatic heterocycles. The third-order valence-corrected chi connectivity index (χ3v) is 6.00. The summed E-state index contributed by atoms with van der Waals surface area (Å²) in [6.45, 7) is 0. The summed E-state index contributed by atoms with van der Waals surface area (Å²) in [6.07, 6.45) is 1.52. The largest absolute Gasteiger partial charge is 0.446 e. The first-order valence-electron chi connectivity index (χ1n) is 8.40. The Hall–Kier alpha value is -1.96. The van der Waals surface area contributed by atoms with Gasteiger partial charge in [0.1, 0.15) is 24.1 Å². The molecule has 0 saturated carbocycles. The van der Waals surface area contributed by atoms with Gasteiger partial charge in [-0.15, -0.1) is 11.3 Å². The quantitative estimate of drug-likeness (QED) is 0.824. The number of epoxide rings is 1. The molecule has 2 N–H and O–H groups in total. The molecular weight excluding hydrogens is 343 g/mol. The summed E-state index contributed by atoms with van der Waals surface area (Å²) in [6, 6.07) is 8.70. The molecule has 2 bridgehead atoms. The first kappa shape index (κ1) is 15.3. The van der Waals surface area contributed by atoms with E-state index in [0.29, 0.717) is 23.5 Å². The number of piperidine rings is 1. The van der Waals surface area contributed by atoms with Gasteiger partial charge in [-0.25, -0.2) is 9.18 Å². The van der Waals surface area contributed by atoms with Crippen molar-refractivity contribution in [2.24, 2.45) is 0 Å². The molecule has 1 unspecified atom stereocenters. The maximum atomic E-state index is 13.6. The first-order chi connectivity index (χ1) is 12.2. The van der Waals surface area contributed by atoms with E-state index in [9.17, 15) is 9.18 Å². The van der Waals surface area contributed by atoms with E-state index < -0.39 is 6.09 Å². The molecule has 0 radical (unpaired) electrons. The number of hydrogen-bond acceptors (Lipinski definition) is 5. The van der Waals surface area contributed by atoms with Crippen LogP contribution < -0.4 is 10.6 Å². The lowest BCUT2D eigenvalue weighted by atomic mass is 10.0. The summed E-state index contributed by atoms with van der Waals surface area (Å²) in [5.41, 5.74) is 1.21. The van der Waals surface area contributed by atoms with Crippen molar-refractivity contribution in [3.8, 4) is 10.4 Å². The Labute approximate surface area is 148 Å². The minimum atomic E-state index is -0.495. The van der Waals surface area contributed by atoms with Gasteiger partial charge in [-0.1, -0.05) is 6.07 Å². The van der Waals surface area contributed by atoms with E-state index in [2.05, 4.69) is 10.6 Å². The number of carbonyl (C=O) groups excluding carboxylic acids is 1. The highest BCUT2D eigenvalue weighted by molar-refractivity contribution is 7.13. The Balaban J connectivity index is 1.28. The summed E-state index contributed by atoms with van der Waals surface area (Å²) >= 11 is 1.49. The highest BCUT2D eigenvalue weighted by Gasteiger charge is 2.59. The van der Waals surface area contributed by atoms with Crippen molar-refractivity contribution < 1.29 is 18.7 Å². The lowest BCUT2D eigenvalue weighted by molar-refractivity contribution is 0.0554. The van der Waals surface area contributed by atoms with Gasteiger partial charge in [0.05, 0.1) is 5.69 Å². The monoisotopic (exact) mass is 360 g/mol. The van der Waals surface area contributed by atoms with E-state index in [1.165, 1.54) is 23.5 Å². The fraction of sp³-hybridized carbons (Fsp3) is 0.389. The van der Waals surface area contributed by atoms with Crippen molar-refractivity contribution in [3.63, 3.8) is 0 Å². The van der Waals surface area contributed by atoms with Gasteiger partial charge in [0.25, 0.3) is 0 Å². The van der Waals surface area contributed by atoms with Gasteiger partial charge in [0, 0.05) is 35.4 Å². The molecular formula is C18H17FN2O3S. The van der Waals surface area contributed by atoms with Gasteiger partial charge in [-0.3, -0.25) is 5.32 Å². The number of morpholine rings is 1. The van der Waals surface area contributed by atoms with E-state index in [1.807, 2.05) is 17.5 Å². The Morgan fingerprint density at radius 3 is 2.80 bits per heavy atom. The van der Waals surface area contributed by atoms with Gasteiger partial charge in [-0.2, -0.15) is 0 Å². The third kappa shape index (κ3) is 2.82. The van der Waals surface area contributed by atoms with Crippen molar-refractivity contribution in [2.45, 2.75) is 43.2 Å². The number of benzene rings is 1. The highest BCUT2D eigenvalue weighted by Crippen LogP contribution is 2.42. The van der Waals surface area contributed by atoms with Crippen molar-refractivity contribution in [1.82, 2.24) is 5.32 Å². The number of ether oxygens (including phenoxy) is 2. The molecule has 5 rings (SSSR count). The lowest BCUT2D eigenvalue weighted by Crippen LogP contribution is -2.47. The molecule has 25 heavy (non-hydrogen) atoms. The van der Waals surface area contributed by atoms with Crippen molar-refractivity contribution in [3.05, 3.63) is 41.5 Å². The normalized spacial score (nSPS) is 32.1. The number of carbonyl (C=O) groups is 1. The lowest BCUT2D eigenvalue weighted by Gasteiger charge is -2.30. The predicted octanol–water partition coefficient (Wildman–Crippen LogP) is 3.37. The fourth-order valence-electron chi connectivity index (χ4n) is 3.96. The van der Waals surface area contributed by atoms with Gasteiger partial charge in [0.2, 0.25) is 0 Å². The summed E-state index contributed by atoms with van der Waals surface area (Å²) < 4.78 is 24.8. The van der Waals surface area contributed by atoms with E-state index in [0.717, 1.165) is 17.7 Å². The number of halogens is 1. The zero-order valence-corrected chi connectivity index (χ0v) is 14.1. The fourth-order valence-corrected chi connectivity index (χ4v) is 4.72. The smallest absolute Gasteiger partial charge is 0.411 e. The zero-order valence-electron chi connectivity index (χ0n) is 13.3. The van der Waals surface area contributed by atoms with Crippen molar-refractivity contribution in [1.29, 1.82) is 0 Å². The molecule has 2 aromatic rings. The van der Waals surface area contributed by atoms with Gasteiger partial charge in [-0.05, 0) is 29.6 Å². The van der Waals surface area contributed by atoms with Gasteiger partial charge >= 0.3 is 6.09 Å². The van der Waals surface area contributed by atoms with Crippen LogP contribution in [0, 0.1) is 5.82 Å². The molecule has 3 saturated heterocycles. The van der Waals surface area contributed by atoms with E-state index in [-0.39, 0.29) is 24.0 Å². The number of nitrogens with one attached hydrogen (secondary N) is 2. The molecule has 130 valence electrons. The van der Waals surface area contributed by atoms with Crippen LogP contribution in [-0.4, -0.2) is 36.5 Å². The second kappa shape index (κ2) is 5.79. The van der Waals surface area contributed by atoms with Crippen LogP contribution in [0.1, 0.15) is 12.8 Å². The summed E-state index contributed by atoms with van der Waals surface area (Å²) in [5.74, 6) is -0.337. The zero-order chi connectivity index (χ0) is 17.0. The Morgan fingerprint density at radius 1 is 1.28 bits per heavy atom. The number of thiophene rings is 1. The van der Waals surface area contributed by atoms with Crippen LogP contribution in [0.2, 0.25) is 0 Å². The van der Waals surface area contributed by atoms with Gasteiger partial charge in [0.15, 0.2) is 0 Å². The molecule has 3 aliphatic rings. The molecule has 0 aliphatic carbocycles. The Bertz CT molecular complexity index is 797. The topological polar surface area (TPSA) is 62.9 Å². The molecule has 5 nitrogen and oxygen atoms in total. The molecule has 1 aromatic carbocycles. The minimum Gasteiger partial charge on any atom is -0.446 e. The van der Waals surface area contributed by atoms with Crippen LogP contribution in [0.15, 0.2) is 35.7 Å². The number of anilines is 1. The average Bonchev–Trinajstić information content (AvgIpc) is 3.13. The van der Waals surface area contributed by atoms with Crippen LogP contribution in [-0.2, 0) is 9.47 Å².